The third-order valence-electron chi connectivity index (χ3n) is 3.95. The Morgan fingerprint density at radius 3 is 2.56 bits per heavy atom. The minimum atomic E-state index is -3.68. The number of rotatable bonds is 4. The molecule has 2 heterocycles. The van der Waals surface area contributed by atoms with E-state index < -0.39 is 10.0 Å². The van der Waals surface area contributed by atoms with Gasteiger partial charge in [0.25, 0.3) is 10.0 Å². The maximum atomic E-state index is 12.6. The van der Waals surface area contributed by atoms with Crippen molar-refractivity contribution in [2.24, 2.45) is 0 Å². The zero-order valence-electron chi connectivity index (χ0n) is 14.2. The van der Waals surface area contributed by atoms with E-state index in [-0.39, 0.29) is 4.90 Å². The number of fused-ring (bicyclic) bond motifs is 1. The summed E-state index contributed by atoms with van der Waals surface area (Å²) in [6, 6.07) is 17.2. The van der Waals surface area contributed by atoms with E-state index in [1.165, 1.54) is 0 Å². The van der Waals surface area contributed by atoms with E-state index in [1.807, 2.05) is 25.1 Å². The summed E-state index contributed by atoms with van der Waals surface area (Å²) >= 11 is 3.30. The van der Waals surface area contributed by atoms with Crippen LogP contribution in [0.2, 0.25) is 0 Å². The summed E-state index contributed by atoms with van der Waals surface area (Å²) in [6.07, 6.45) is 0. The van der Waals surface area contributed by atoms with Gasteiger partial charge in [0.05, 0.1) is 10.6 Å². The molecule has 4 rings (SSSR count). The molecule has 0 atom stereocenters. The smallest absolute Gasteiger partial charge is 0.261 e. The predicted octanol–water partition coefficient (Wildman–Crippen LogP) is 3.66. The first-order chi connectivity index (χ1) is 12.9. The van der Waals surface area contributed by atoms with Gasteiger partial charge in [-0.15, -0.1) is 10.2 Å². The SMILES string of the molecule is Cc1nnc2ccc(-c3cccc(NS(=O)(=O)c4ccc(Br)cc4)c3)nn12. The van der Waals surface area contributed by atoms with Crippen LogP contribution in [0.1, 0.15) is 5.82 Å². The molecule has 4 aromatic rings. The molecule has 1 N–H and O–H groups in total. The molecule has 7 nitrogen and oxygen atoms in total. The summed E-state index contributed by atoms with van der Waals surface area (Å²) in [6.45, 7) is 1.82. The third-order valence-corrected chi connectivity index (χ3v) is 5.88. The van der Waals surface area contributed by atoms with Gasteiger partial charge in [0.2, 0.25) is 0 Å². The number of anilines is 1. The highest BCUT2D eigenvalue weighted by molar-refractivity contribution is 9.10. The number of benzene rings is 2. The molecule has 2 aromatic carbocycles. The van der Waals surface area contributed by atoms with E-state index in [0.29, 0.717) is 22.9 Å². The molecule has 0 aliphatic heterocycles. The number of hydrogen-bond donors (Lipinski definition) is 1. The average Bonchev–Trinajstić information content (AvgIpc) is 3.02. The van der Waals surface area contributed by atoms with Gasteiger partial charge in [-0.2, -0.15) is 9.61 Å². The summed E-state index contributed by atoms with van der Waals surface area (Å²) in [5.74, 6) is 0.680. The lowest BCUT2D eigenvalue weighted by Crippen LogP contribution is -2.12. The van der Waals surface area contributed by atoms with Gasteiger partial charge in [-0.25, -0.2) is 8.42 Å². The molecule has 0 amide bonds. The van der Waals surface area contributed by atoms with Crippen molar-refractivity contribution in [1.82, 2.24) is 19.8 Å². The van der Waals surface area contributed by atoms with E-state index in [4.69, 9.17) is 0 Å². The highest BCUT2D eigenvalue weighted by atomic mass is 79.9. The Labute approximate surface area is 164 Å². The molecule has 0 bridgehead atoms. The lowest BCUT2D eigenvalue weighted by Gasteiger charge is -2.10. The van der Waals surface area contributed by atoms with E-state index in [9.17, 15) is 8.42 Å². The molecule has 0 radical (unpaired) electrons. The summed E-state index contributed by atoms with van der Waals surface area (Å²) < 4.78 is 30.2. The fraction of sp³-hybridized carbons (Fsp3) is 0.0556. The number of hydrogen-bond acceptors (Lipinski definition) is 5. The largest absolute Gasteiger partial charge is 0.280 e. The van der Waals surface area contributed by atoms with Crippen molar-refractivity contribution in [3.63, 3.8) is 0 Å². The maximum absolute atomic E-state index is 12.6. The van der Waals surface area contributed by atoms with Crippen LogP contribution in [0.3, 0.4) is 0 Å². The Morgan fingerprint density at radius 2 is 1.78 bits per heavy atom. The Morgan fingerprint density at radius 1 is 1.00 bits per heavy atom. The second-order valence-electron chi connectivity index (χ2n) is 5.88. The highest BCUT2D eigenvalue weighted by Crippen LogP contribution is 2.24. The van der Waals surface area contributed by atoms with Gasteiger partial charge in [-0.1, -0.05) is 28.1 Å². The molecule has 0 saturated heterocycles. The predicted molar refractivity (Wildman–Crippen MR) is 106 cm³/mol. The molecule has 27 heavy (non-hydrogen) atoms. The van der Waals surface area contributed by atoms with E-state index in [0.717, 1.165) is 10.0 Å². The van der Waals surface area contributed by atoms with E-state index >= 15 is 0 Å². The van der Waals surface area contributed by atoms with Crippen molar-refractivity contribution in [3.8, 4) is 11.3 Å². The summed E-state index contributed by atoms with van der Waals surface area (Å²) in [5.41, 5.74) is 2.58. The number of sulfonamides is 1. The van der Waals surface area contributed by atoms with Crippen LogP contribution < -0.4 is 4.72 Å². The minimum Gasteiger partial charge on any atom is -0.280 e. The lowest BCUT2D eigenvalue weighted by atomic mass is 10.1. The first-order valence-corrected chi connectivity index (χ1v) is 10.3. The molecule has 0 spiro atoms. The molecular weight excluding hydrogens is 430 g/mol. The molecule has 0 saturated carbocycles. The third kappa shape index (κ3) is 3.56. The number of aromatic nitrogens is 4. The zero-order chi connectivity index (χ0) is 19.0. The molecule has 0 fully saturated rings. The number of nitrogens with one attached hydrogen (secondary N) is 1. The van der Waals surface area contributed by atoms with Crippen molar-refractivity contribution >= 4 is 37.3 Å². The Bertz CT molecular complexity index is 1240. The van der Waals surface area contributed by atoms with Gasteiger partial charge < -0.3 is 0 Å². The molecule has 0 aliphatic rings. The number of halogens is 1. The van der Waals surface area contributed by atoms with Gasteiger partial charge in [0.1, 0.15) is 0 Å². The van der Waals surface area contributed by atoms with Crippen LogP contribution in [0.15, 0.2) is 70.0 Å². The van der Waals surface area contributed by atoms with Crippen LogP contribution in [-0.2, 0) is 10.0 Å². The average molecular weight is 444 g/mol. The van der Waals surface area contributed by atoms with Crippen molar-refractivity contribution in [2.75, 3.05) is 4.72 Å². The van der Waals surface area contributed by atoms with Crippen LogP contribution in [-0.4, -0.2) is 28.2 Å². The normalized spacial score (nSPS) is 11.6. The topological polar surface area (TPSA) is 89.2 Å². The van der Waals surface area contributed by atoms with Crippen LogP contribution in [0, 0.1) is 6.92 Å². The number of aryl methyl sites for hydroxylation is 1. The maximum Gasteiger partial charge on any atom is 0.261 e. The van der Waals surface area contributed by atoms with Gasteiger partial charge in [0.15, 0.2) is 11.5 Å². The lowest BCUT2D eigenvalue weighted by molar-refractivity contribution is 0.601. The Balaban J connectivity index is 1.67. The number of nitrogens with zero attached hydrogens (tertiary/aromatic N) is 4. The van der Waals surface area contributed by atoms with E-state index in [2.05, 4.69) is 35.9 Å². The monoisotopic (exact) mass is 443 g/mol. The van der Waals surface area contributed by atoms with Crippen LogP contribution in [0.5, 0.6) is 0 Å². The van der Waals surface area contributed by atoms with Crippen molar-refractivity contribution < 1.29 is 8.42 Å². The summed E-state index contributed by atoms with van der Waals surface area (Å²) in [5, 5.41) is 12.5. The minimum absolute atomic E-state index is 0.191. The van der Waals surface area contributed by atoms with Crippen LogP contribution in [0.4, 0.5) is 5.69 Å². The molecule has 0 unspecified atom stereocenters. The fourth-order valence-corrected chi connectivity index (χ4v) is 3.93. The van der Waals surface area contributed by atoms with Crippen molar-refractivity contribution in [1.29, 1.82) is 0 Å². The molecule has 136 valence electrons. The second kappa shape index (κ2) is 6.75. The van der Waals surface area contributed by atoms with Gasteiger partial charge in [-0.3, -0.25) is 4.72 Å². The Hall–Kier alpha value is -2.78. The molecule has 0 aliphatic carbocycles. The van der Waals surface area contributed by atoms with Gasteiger partial charge in [-0.05, 0) is 55.5 Å². The molecule has 9 heteroatoms. The first-order valence-electron chi connectivity index (χ1n) is 8.00. The molecular formula is C18H14BrN5O2S. The summed E-state index contributed by atoms with van der Waals surface area (Å²) in [4.78, 5) is 0.191. The van der Waals surface area contributed by atoms with Gasteiger partial charge in [0, 0.05) is 15.7 Å². The van der Waals surface area contributed by atoms with E-state index in [1.54, 1.807) is 47.0 Å². The van der Waals surface area contributed by atoms with Crippen LogP contribution in [0.25, 0.3) is 16.9 Å². The fourth-order valence-electron chi connectivity index (χ4n) is 2.62. The second-order valence-corrected chi connectivity index (χ2v) is 8.47. The standard InChI is InChI=1S/C18H14BrN5O2S/c1-12-20-21-18-10-9-17(22-24(12)18)13-3-2-4-15(11-13)23-27(25,26)16-7-5-14(19)6-8-16/h2-11,23H,1H3. The highest BCUT2D eigenvalue weighted by Gasteiger charge is 2.14. The molecule has 2 aromatic heterocycles. The van der Waals surface area contributed by atoms with Crippen molar-refractivity contribution in [3.05, 3.63) is 71.0 Å². The Kier molecular flexibility index (Phi) is 4.40. The van der Waals surface area contributed by atoms with Gasteiger partial charge >= 0.3 is 0 Å². The van der Waals surface area contributed by atoms with Crippen molar-refractivity contribution in [2.45, 2.75) is 11.8 Å². The summed E-state index contributed by atoms with van der Waals surface area (Å²) in [7, 11) is -3.68. The quantitative estimate of drug-likeness (QED) is 0.519. The first kappa shape index (κ1) is 17.6. The zero-order valence-corrected chi connectivity index (χ0v) is 16.6. The van der Waals surface area contributed by atoms with Crippen LogP contribution >= 0.6 is 15.9 Å².